The molecule has 3 aromatic carbocycles. The van der Waals surface area contributed by atoms with Crippen LogP contribution in [0.15, 0.2) is 82.7 Å². The van der Waals surface area contributed by atoms with E-state index < -0.39 is 14.9 Å². The van der Waals surface area contributed by atoms with Crippen LogP contribution in [0.1, 0.15) is 12.5 Å². The first-order valence-corrected chi connectivity index (χ1v) is 10.7. The Morgan fingerprint density at radius 2 is 1.55 bits per heavy atom. The Kier molecular flexibility index (Phi) is 6.36. The zero-order valence-corrected chi connectivity index (χ0v) is 18.0. The van der Waals surface area contributed by atoms with E-state index in [4.69, 9.17) is 4.74 Å². The van der Waals surface area contributed by atoms with Crippen molar-refractivity contribution >= 4 is 32.9 Å². The van der Waals surface area contributed by atoms with Crippen molar-refractivity contribution in [2.75, 3.05) is 11.4 Å². The fourth-order valence-electron chi connectivity index (χ4n) is 2.91. The number of aliphatic imine (C=N–C) groups is 1. The first kappa shape index (κ1) is 22.0. The number of sulfonamides is 1. The van der Waals surface area contributed by atoms with Crippen molar-refractivity contribution in [1.29, 1.82) is 0 Å². The van der Waals surface area contributed by atoms with Gasteiger partial charge in [-0.2, -0.15) is 0 Å². The molecule has 9 heteroatoms. The Bertz CT molecular complexity index is 1200. The third kappa shape index (κ3) is 4.89. The number of nitrogens with zero attached hydrogens (tertiary/aromatic N) is 3. The lowest BCUT2D eigenvalue weighted by atomic mass is 10.2. The number of hydrogen-bond acceptors (Lipinski definition) is 6. The molecule has 0 radical (unpaired) electrons. The van der Waals surface area contributed by atoms with E-state index in [9.17, 15) is 18.5 Å². The molecular formula is C22H21N3O5S. The molecule has 0 aliphatic heterocycles. The number of aryl methyl sites for hydroxylation is 1. The van der Waals surface area contributed by atoms with Gasteiger partial charge in [0.05, 0.1) is 28.3 Å². The molecule has 0 aliphatic rings. The normalized spacial score (nSPS) is 11.8. The van der Waals surface area contributed by atoms with Crippen LogP contribution < -0.4 is 9.04 Å². The number of non-ortho nitro benzene ring substituents is 1. The van der Waals surface area contributed by atoms with E-state index >= 15 is 0 Å². The predicted octanol–water partition coefficient (Wildman–Crippen LogP) is 4.86. The molecule has 0 bridgehead atoms. The van der Waals surface area contributed by atoms with Gasteiger partial charge in [0.2, 0.25) is 0 Å². The number of methoxy groups -OCH3 is 1. The molecule has 3 rings (SSSR count). The molecule has 3 aromatic rings. The van der Waals surface area contributed by atoms with Crippen LogP contribution in [-0.2, 0) is 10.0 Å². The van der Waals surface area contributed by atoms with Gasteiger partial charge in [-0.25, -0.2) is 17.7 Å². The average molecular weight is 439 g/mol. The number of hydrogen-bond donors (Lipinski definition) is 0. The van der Waals surface area contributed by atoms with E-state index in [1.165, 1.54) is 36.4 Å². The molecule has 0 fully saturated rings. The maximum Gasteiger partial charge on any atom is 0.269 e. The standard InChI is InChI=1S/C22H21N3O5S/c1-16-4-14-22(15-5-16)31(28,29)24(19-8-10-20(11-9-19)25(26)27)17(2)23-18-6-12-21(30-3)13-7-18/h4-15H,1-3H3. The average Bonchev–Trinajstić information content (AvgIpc) is 2.75. The van der Waals surface area contributed by atoms with Crippen molar-refractivity contribution in [3.05, 3.63) is 88.5 Å². The van der Waals surface area contributed by atoms with Gasteiger partial charge in [0, 0.05) is 12.1 Å². The molecule has 8 nitrogen and oxygen atoms in total. The van der Waals surface area contributed by atoms with Gasteiger partial charge in [0.1, 0.15) is 11.6 Å². The van der Waals surface area contributed by atoms with Crippen LogP contribution in [0.5, 0.6) is 5.75 Å². The highest BCUT2D eigenvalue weighted by molar-refractivity contribution is 7.93. The smallest absolute Gasteiger partial charge is 0.269 e. The van der Waals surface area contributed by atoms with Crippen LogP contribution >= 0.6 is 0 Å². The van der Waals surface area contributed by atoms with Crippen molar-refractivity contribution in [3.8, 4) is 5.75 Å². The molecule has 160 valence electrons. The van der Waals surface area contributed by atoms with Crippen molar-refractivity contribution in [1.82, 2.24) is 0 Å². The topological polar surface area (TPSA) is 102 Å². The van der Waals surface area contributed by atoms with Gasteiger partial charge in [-0.15, -0.1) is 0 Å². The maximum atomic E-state index is 13.5. The molecule has 0 amide bonds. The summed E-state index contributed by atoms with van der Waals surface area (Å²) in [7, 11) is -2.48. The summed E-state index contributed by atoms with van der Waals surface area (Å²) in [5, 5.41) is 11.0. The summed E-state index contributed by atoms with van der Waals surface area (Å²) in [6.45, 7) is 3.43. The SMILES string of the molecule is COc1ccc(N=C(C)N(c2ccc([N+](=O)[O-])cc2)S(=O)(=O)c2ccc(C)cc2)cc1. The number of nitro groups is 1. The Morgan fingerprint density at radius 1 is 0.968 bits per heavy atom. The zero-order valence-electron chi connectivity index (χ0n) is 17.2. The van der Waals surface area contributed by atoms with Gasteiger partial charge < -0.3 is 4.74 Å². The van der Waals surface area contributed by atoms with Crippen LogP contribution in [0.3, 0.4) is 0 Å². The molecule has 0 heterocycles. The molecule has 0 atom stereocenters. The number of amidine groups is 1. The number of ether oxygens (including phenoxy) is 1. The first-order chi connectivity index (χ1) is 14.7. The van der Waals surface area contributed by atoms with E-state index in [2.05, 4.69) is 4.99 Å². The van der Waals surface area contributed by atoms with Crippen molar-refractivity contribution < 1.29 is 18.1 Å². The van der Waals surface area contributed by atoms with Gasteiger partial charge in [-0.1, -0.05) is 17.7 Å². The first-order valence-electron chi connectivity index (χ1n) is 9.28. The Balaban J connectivity index is 2.11. The highest BCUT2D eigenvalue weighted by Gasteiger charge is 2.28. The molecule has 0 aromatic heterocycles. The minimum absolute atomic E-state index is 0.0840. The summed E-state index contributed by atoms with van der Waals surface area (Å²) in [4.78, 5) is 15.0. The zero-order chi connectivity index (χ0) is 22.6. The van der Waals surface area contributed by atoms with Gasteiger partial charge >= 0.3 is 0 Å². The Labute approximate surface area is 180 Å². The largest absolute Gasteiger partial charge is 0.497 e. The van der Waals surface area contributed by atoms with E-state index in [0.717, 1.165) is 9.87 Å². The summed E-state index contributed by atoms with van der Waals surface area (Å²) in [5.74, 6) is 0.829. The van der Waals surface area contributed by atoms with E-state index in [-0.39, 0.29) is 22.1 Å². The quantitative estimate of drug-likeness (QED) is 0.236. The lowest BCUT2D eigenvalue weighted by Crippen LogP contribution is -2.35. The molecule has 0 N–H and O–H groups in total. The molecule has 0 aliphatic carbocycles. The van der Waals surface area contributed by atoms with Gasteiger partial charge in [-0.05, 0) is 62.4 Å². The monoisotopic (exact) mass is 439 g/mol. The molecule has 0 saturated carbocycles. The Hall–Kier alpha value is -3.72. The van der Waals surface area contributed by atoms with Gasteiger partial charge in [0.15, 0.2) is 0 Å². The van der Waals surface area contributed by atoms with Crippen molar-refractivity contribution in [2.45, 2.75) is 18.7 Å². The highest BCUT2D eigenvalue weighted by Crippen LogP contribution is 2.28. The van der Waals surface area contributed by atoms with Crippen LogP contribution in [0.4, 0.5) is 17.1 Å². The van der Waals surface area contributed by atoms with Crippen molar-refractivity contribution in [3.63, 3.8) is 0 Å². The second-order valence-electron chi connectivity index (χ2n) is 6.71. The summed E-state index contributed by atoms with van der Waals surface area (Å²) in [6.07, 6.45) is 0. The predicted molar refractivity (Wildman–Crippen MR) is 120 cm³/mol. The summed E-state index contributed by atoms with van der Waals surface area (Å²) < 4.78 is 33.2. The lowest BCUT2D eigenvalue weighted by Gasteiger charge is -2.24. The highest BCUT2D eigenvalue weighted by atomic mass is 32.2. The fraction of sp³-hybridized carbons (Fsp3) is 0.136. The van der Waals surface area contributed by atoms with Crippen LogP contribution in [0.2, 0.25) is 0 Å². The van der Waals surface area contributed by atoms with E-state index in [0.29, 0.717) is 11.4 Å². The fourth-order valence-corrected chi connectivity index (χ4v) is 4.39. The molecule has 0 unspecified atom stereocenters. The number of benzene rings is 3. The third-order valence-corrected chi connectivity index (χ3v) is 6.34. The third-order valence-electron chi connectivity index (χ3n) is 4.51. The van der Waals surface area contributed by atoms with Crippen LogP contribution in [0, 0.1) is 17.0 Å². The number of nitro benzene ring substituents is 1. The lowest BCUT2D eigenvalue weighted by molar-refractivity contribution is -0.384. The van der Waals surface area contributed by atoms with Crippen LogP contribution in [0.25, 0.3) is 0 Å². The second-order valence-corrected chi connectivity index (χ2v) is 8.50. The van der Waals surface area contributed by atoms with Crippen molar-refractivity contribution in [2.24, 2.45) is 4.99 Å². The number of rotatable bonds is 6. The van der Waals surface area contributed by atoms with Crippen LogP contribution in [-0.4, -0.2) is 26.3 Å². The minimum atomic E-state index is -4.03. The van der Waals surface area contributed by atoms with E-state index in [1.807, 2.05) is 6.92 Å². The summed E-state index contributed by atoms with van der Waals surface area (Å²) in [5.41, 5.74) is 1.55. The molecule has 0 spiro atoms. The van der Waals surface area contributed by atoms with Gasteiger partial charge in [-0.3, -0.25) is 10.1 Å². The molecule has 31 heavy (non-hydrogen) atoms. The Morgan fingerprint density at radius 3 is 2.06 bits per heavy atom. The molecule has 0 saturated heterocycles. The second kappa shape index (κ2) is 8.97. The van der Waals surface area contributed by atoms with E-state index in [1.54, 1.807) is 50.4 Å². The van der Waals surface area contributed by atoms with Gasteiger partial charge in [0.25, 0.3) is 15.7 Å². The number of anilines is 1. The maximum absolute atomic E-state index is 13.5. The summed E-state index contributed by atoms with van der Waals surface area (Å²) >= 11 is 0. The summed E-state index contributed by atoms with van der Waals surface area (Å²) in [6, 6.07) is 18.6. The minimum Gasteiger partial charge on any atom is -0.497 e. The molecular weight excluding hydrogens is 418 g/mol.